The zero-order valence-corrected chi connectivity index (χ0v) is 14.2. The first kappa shape index (κ1) is 15.7. The van der Waals surface area contributed by atoms with E-state index in [0.29, 0.717) is 12.5 Å². The van der Waals surface area contributed by atoms with Gasteiger partial charge in [0.15, 0.2) is 0 Å². The summed E-state index contributed by atoms with van der Waals surface area (Å²) in [6.45, 7) is 1.52. The Kier molecular flexibility index (Phi) is 4.30. The van der Waals surface area contributed by atoms with Crippen LogP contribution in [0.5, 0.6) is 0 Å². The third kappa shape index (κ3) is 3.33. The molecule has 1 aromatic rings. The van der Waals surface area contributed by atoms with E-state index in [-0.39, 0.29) is 17.7 Å². The minimum Gasteiger partial charge on any atom is -0.338 e. The zero-order valence-electron chi connectivity index (χ0n) is 14.2. The summed E-state index contributed by atoms with van der Waals surface area (Å²) in [5.41, 5.74) is 3.38. The normalized spacial score (nSPS) is 21.2. The smallest absolute Gasteiger partial charge is 0.227 e. The molecule has 0 bridgehead atoms. The van der Waals surface area contributed by atoms with Gasteiger partial charge in [-0.25, -0.2) is 0 Å². The number of fused-ring (bicyclic) bond motifs is 1. The van der Waals surface area contributed by atoms with Gasteiger partial charge in [0, 0.05) is 30.6 Å². The highest BCUT2D eigenvalue weighted by Gasteiger charge is 2.34. The molecule has 0 spiro atoms. The van der Waals surface area contributed by atoms with Crippen molar-refractivity contribution in [2.45, 2.75) is 57.9 Å². The number of carbonyl (C=O) groups excluding carboxylic acids is 2. The van der Waals surface area contributed by atoms with Crippen LogP contribution in [0, 0.1) is 11.8 Å². The van der Waals surface area contributed by atoms with Gasteiger partial charge in [-0.15, -0.1) is 0 Å². The topological polar surface area (TPSA) is 49.4 Å². The van der Waals surface area contributed by atoms with E-state index in [1.165, 1.54) is 30.4 Å². The average molecular weight is 326 g/mol. The summed E-state index contributed by atoms with van der Waals surface area (Å²) in [5, 5.41) is 3.10. The Hall–Kier alpha value is -1.84. The van der Waals surface area contributed by atoms with E-state index in [2.05, 4.69) is 17.4 Å². The third-order valence-corrected chi connectivity index (χ3v) is 5.70. The van der Waals surface area contributed by atoms with Crippen molar-refractivity contribution < 1.29 is 9.59 Å². The number of rotatable bonds is 3. The highest BCUT2D eigenvalue weighted by molar-refractivity contribution is 5.92. The van der Waals surface area contributed by atoms with Crippen molar-refractivity contribution in [3.05, 3.63) is 29.3 Å². The second kappa shape index (κ2) is 6.58. The van der Waals surface area contributed by atoms with Crippen molar-refractivity contribution in [2.24, 2.45) is 11.8 Å². The van der Waals surface area contributed by atoms with Crippen LogP contribution in [0.2, 0.25) is 0 Å². The first-order valence-corrected chi connectivity index (χ1v) is 9.42. The van der Waals surface area contributed by atoms with Gasteiger partial charge in [0.25, 0.3) is 0 Å². The molecule has 1 heterocycles. The van der Waals surface area contributed by atoms with Crippen LogP contribution >= 0.6 is 0 Å². The van der Waals surface area contributed by atoms with Crippen LogP contribution in [0.1, 0.15) is 56.1 Å². The van der Waals surface area contributed by atoms with Crippen molar-refractivity contribution in [3.63, 3.8) is 0 Å². The van der Waals surface area contributed by atoms with Crippen LogP contribution in [0.4, 0.5) is 5.69 Å². The molecule has 128 valence electrons. The summed E-state index contributed by atoms with van der Waals surface area (Å²) in [5.74, 6) is 0.928. The number of nitrogens with zero attached hydrogens (tertiary/aromatic N) is 1. The zero-order chi connectivity index (χ0) is 16.5. The molecule has 2 saturated carbocycles. The fraction of sp³-hybridized carbons (Fsp3) is 0.600. The van der Waals surface area contributed by atoms with E-state index in [1.807, 2.05) is 11.0 Å². The summed E-state index contributed by atoms with van der Waals surface area (Å²) in [4.78, 5) is 26.7. The summed E-state index contributed by atoms with van der Waals surface area (Å²) < 4.78 is 0. The van der Waals surface area contributed by atoms with Crippen molar-refractivity contribution in [2.75, 3.05) is 11.9 Å². The third-order valence-electron chi connectivity index (χ3n) is 5.70. The lowest BCUT2D eigenvalue weighted by Crippen LogP contribution is -2.37. The molecular weight excluding hydrogens is 300 g/mol. The van der Waals surface area contributed by atoms with Gasteiger partial charge in [-0.1, -0.05) is 25.3 Å². The maximum Gasteiger partial charge on any atom is 0.227 e. The second-order valence-corrected chi connectivity index (χ2v) is 7.59. The van der Waals surface area contributed by atoms with Gasteiger partial charge < -0.3 is 10.2 Å². The van der Waals surface area contributed by atoms with Crippen molar-refractivity contribution in [1.82, 2.24) is 4.90 Å². The fourth-order valence-electron chi connectivity index (χ4n) is 4.02. The maximum absolute atomic E-state index is 12.4. The Morgan fingerprint density at radius 3 is 2.50 bits per heavy atom. The number of amides is 2. The van der Waals surface area contributed by atoms with Crippen molar-refractivity contribution in [1.29, 1.82) is 0 Å². The number of anilines is 1. The molecule has 3 aliphatic rings. The predicted octanol–water partition coefficient (Wildman–Crippen LogP) is 3.50. The fourth-order valence-corrected chi connectivity index (χ4v) is 4.02. The van der Waals surface area contributed by atoms with Crippen LogP contribution in [0.3, 0.4) is 0 Å². The number of nitrogens with one attached hydrogen (secondary N) is 1. The summed E-state index contributed by atoms with van der Waals surface area (Å²) in [6, 6.07) is 6.20. The highest BCUT2D eigenvalue weighted by Crippen LogP contribution is 2.33. The second-order valence-electron chi connectivity index (χ2n) is 7.59. The van der Waals surface area contributed by atoms with Crippen LogP contribution in [0.25, 0.3) is 0 Å². The number of benzene rings is 1. The standard InChI is InChI=1S/C20H26N2O2/c23-19(15-4-2-1-3-5-15)21-18-9-8-14-10-11-22(13-17(14)12-18)20(24)16-6-7-16/h8-9,12,15-16H,1-7,10-11,13H2,(H,21,23). The molecule has 4 heteroatoms. The molecule has 0 aromatic heterocycles. The average Bonchev–Trinajstić information content (AvgIpc) is 3.46. The van der Waals surface area contributed by atoms with Crippen LogP contribution in [-0.2, 0) is 22.6 Å². The van der Waals surface area contributed by atoms with Gasteiger partial charge in [-0.2, -0.15) is 0 Å². The maximum atomic E-state index is 12.4. The molecular formula is C20H26N2O2. The summed E-state index contributed by atoms with van der Waals surface area (Å²) >= 11 is 0. The van der Waals surface area contributed by atoms with Crippen molar-refractivity contribution in [3.8, 4) is 0 Å². The van der Waals surface area contributed by atoms with Gasteiger partial charge in [0.2, 0.25) is 11.8 Å². The van der Waals surface area contributed by atoms with Gasteiger partial charge in [-0.3, -0.25) is 9.59 Å². The molecule has 2 amide bonds. The van der Waals surface area contributed by atoms with E-state index in [0.717, 1.165) is 44.3 Å². The molecule has 2 aliphatic carbocycles. The Labute approximate surface area is 143 Å². The molecule has 1 aromatic carbocycles. The van der Waals surface area contributed by atoms with Crippen LogP contribution in [0.15, 0.2) is 18.2 Å². The first-order valence-electron chi connectivity index (χ1n) is 9.42. The van der Waals surface area contributed by atoms with E-state index in [4.69, 9.17) is 0 Å². The molecule has 24 heavy (non-hydrogen) atoms. The first-order chi connectivity index (χ1) is 11.7. The number of hydrogen-bond acceptors (Lipinski definition) is 2. The Balaban J connectivity index is 1.43. The largest absolute Gasteiger partial charge is 0.338 e. The quantitative estimate of drug-likeness (QED) is 0.924. The highest BCUT2D eigenvalue weighted by atomic mass is 16.2. The van der Waals surface area contributed by atoms with Gasteiger partial charge in [-0.05, 0) is 55.4 Å². The Morgan fingerprint density at radius 2 is 1.75 bits per heavy atom. The molecule has 0 unspecified atom stereocenters. The molecule has 1 aliphatic heterocycles. The lowest BCUT2D eigenvalue weighted by Gasteiger charge is -2.29. The SMILES string of the molecule is O=C(Nc1ccc2c(c1)CN(C(=O)C1CC1)CC2)C1CCCCC1. The van der Waals surface area contributed by atoms with E-state index < -0.39 is 0 Å². The minimum absolute atomic E-state index is 0.163. The monoisotopic (exact) mass is 326 g/mol. The van der Waals surface area contributed by atoms with Crippen molar-refractivity contribution >= 4 is 17.5 Å². The lowest BCUT2D eigenvalue weighted by molar-refractivity contribution is -0.133. The molecule has 4 nitrogen and oxygen atoms in total. The Morgan fingerprint density at radius 1 is 0.958 bits per heavy atom. The minimum atomic E-state index is 0.163. The van der Waals surface area contributed by atoms with Crippen LogP contribution in [-0.4, -0.2) is 23.3 Å². The molecule has 0 atom stereocenters. The lowest BCUT2D eigenvalue weighted by atomic mass is 9.88. The van der Waals surface area contributed by atoms with Gasteiger partial charge >= 0.3 is 0 Å². The Bertz CT molecular complexity index is 645. The molecule has 2 fully saturated rings. The van der Waals surface area contributed by atoms with E-state index >= 15 is 0 Å². The van der Waals surface area contributed by atoms with Gasteiger partial charge in [0.05, 0.1) is 0 Å². The molecule has 0 saturated heterocycles. The summed E-state index contributed by atoms with van der Waals surface area (Å²) in [6.07, 6.45) is 8.65. The van der Waals surface area contributed by atoms with Gasteiger partial charge in [0.1, 0.15) is 0 Å². The number of carbonyl (C=O) groups is 2. The van der Waals surface area contributed by atoms with E-state index in [1.54, 1.807) is 0 Å². The van der Waals surface area contributed by atoms with E-state index in [9.17, 15) is 9.59 Å². The molecule has 4 rings (SSSR count). The van der Waals surface area contributed by atoms with Crippen LogP contribution < -0.4 is 5.32 Å². The summed E-state index contributed by atoms with van der Waals surface area (Å²) in [7, 11) is 0. The molecule has 1 N–H and O–H groups in total. The molecule has 0 radical (unpaired) electrons. The number of hydrogen-bond donors (Lipinski definition) is 1. The predicted molar refractivity (Wildman–Crippen MR) is 93.5 cm³/mol.